The van der Waals surface area contributed by atoms with Gasteiger partial charge in [0, 0.05) is 30.2 Å². The van der Waals surface area contributed by atoms with Crippen molar-refractivity contribution in [3.05, 3.63) is 84.1 Å². The second-order valence-electron chi connectivity index (χ2n) is 7.08. The number of carbonyl (C=O) groups excluding carboxylic acids is 1. The van der Waals surface area contributed by atoms with Crippen LogP contribution in [0.4, 0.5) is 4.39 Å². The Morgan fingerprint density at radius 3 is 2.75 bits per heavy atom. The maximum Gasteiger partial charge on any atom is 0.229 e. The molecule has 2 aromatic heterocycles. The van der Waals surface area contributed by atoms with Gasteiger partial charge in [-0.15, -0.1) is 0 Å². The van der Waals surface area contributed by atoms with Crippen LogP contribution < -0.4 is 0 Å². The van der Waals surface area contributed by atoms with E-state index in [-0.39, 0.29) is 17.8 Å². The lowest BCUT2D eigenvalue weighted by Gasteiger charge is -2.36. The van der Waals surface area contributed by atoms with Crippen molar-refractivity contribution < 1.29 is 9.18 Å². The van der Waals surface area contributed by atoms with Crippen LogP contribution in [0.1, 0.15) is 36.6 Å². The fraction of sp³-hybridized carbons (Fsp3) is 0.261. The minimum absolute atomic E-state index is 0.0269. The van der Waals surface area contributed by atoms with E-state index in [4.69, 9.17) is 0 Å². The molecule has 5 heteroatoms. The summed E-state index contributed by atoms with van der Waals surface area (Å²) in [5.41, 5.74) is 3.29. The first kappa shape index (κ1) is 18.3. The van der Waals surface area contributed by atoms with Crippen LogP contribution in [0.25, 0.3) is 11.3 Å². The molecule has 0 radical (unpaired) electrons. The molecule has 0 aliphatic carbocycles. The van der Waals surface area contributed by atoms with E-state index in [9.17, 15) is 9.18 Å². The predicted octanol–water partition coefficient (Wildman–Crippen LogP) is 4.58. The second kappa shape index (κ2) is 8.30. The molecule has 1 aromatic carbocycles. The lowest BCUT2D eigenvalue weighted by molar-refractivity contribution is -0.134. The Bertz CT molecular complexity index is 944. The molecule has 3 heterocycles. The highest BCUT2D eigenvalue weighted by Gasteiger charge is 2.28. The summed E-state index contributed by atoms with van der Waals surface area (Å²) in [7, 11) is 0. The normalized spacial score (nSPS) is 16.8. The molecule has 3 aromatic rings. The smallest absolute Gasteiger partial charge is 0.229 e. The van der Waals surface area contributed by atoms with Crippen LogP contribution in [0.5, 0.6) is 0 Å². The summed E-state index contributed by atoms with van der Waals surface area (Å²) in [4.78, 5) is 23.7. The molecule has 1 aliphatic heterocycles. The molecule has 1 saturated heterocycles. The van der Waals surface area contributed by atoms with Crippen molar-refractivity contribution in [2.75, 3.05) is 6.54 Å². The summed E-state index contributed by atoms with van der Waals surface area (Å²) in [5.74, 6) is -0.181. The number of likely N-dealkylation sites (tertiary alicyclic amines) is 1. The van der Waals surface area contributed by atoms with Gasteiger partial charge >= 0.3 is 0 Å². The largest absolute Gasteiger partial charge is 0.335 e. The van der Waals surface area contributed by atoms with Crippen LogP contribution in [-0.4, -0.2) is 27.3 Å². The first-order valence-corrected chi connectivity index (χ1v) is 9.62. The van der Waals surface area contributed by atoms with Gasteiger partial charge in [0.05, 0.1) is 18.2 Å². The Kier molecular flexibility index (Phi) is 5.42. The van der Waals surface area contributed by atoms with Crippen molar-refractivity contribution in [3.63, 3.8) is 0 Å². The fourth-order valence-electron chi connectivity index (χ4n) is 3.76. The number of hydrogen-bond acceptors (Lipinski definition) is 3. The minimum atomic E-state index is -0.276. The van der Waals surface area contributed by atoms with Crippen molar-refractivity contribution in [2.24, 2.45) is 0 Å². The van der Waals surface area contributed by atoms with E-state index in [1.165, 1.54) is 12.1 Å². The van der Waals surface area contributed by atoms with Crippen LogP contribution in [0.2, 0.25) is 0 Å². The highest BCUT2D eigenvalue weighted by atomic mass is 19.1. The molecule has 0 unspecified atom stereocenters. The molecule has 4 rings (SSSR count). The quantitative estimate of drug-likeness (QED) is 0.671. The highest BCUT2D eigenvalue weighted by molar-refractivity contribution is 5.79. The third kappa shape index (κ3) is 4.09. The lowest BCUT2D eigenvalue weighted by atomic mass is 9.95. The molecule has 1 amide bonds. The number of rotatable bonds is 4. The average Bonchev–Trinajstić information content (AvgIpc) is 2.74. The first-order valence-electron chi connectivity index (χ1n) is 9.62. The van der Waals surface area contributed by atoms with E-state index < -0.39 is 0 Å². The van der Waals surface area contributed by atoms with E-state index in [2.05, 4.69) is 9.97 Å². The number of piperidine rings is 1. The van der Waals surface area contributed by atoms with Gasteiger partial charge in [0.15, 0.2) is 0 Å². The molecule has 1 aliphatic rings. The number of pyridine rings is 2. The number of halogens is 1. The average molecular weight is 375 g/mol. The van der Waals surface area contributed by atoms with E-state index in [0.29, 0.717) is 6.42 Å². The number of hydrogen-bond donors (Lipinski definition) is 0. The zero-order valence-electron chi connectivity index (χ0n) is 15.6. The van der Waals surface area contributed by atoms with Crippen molar-refractivity contribution >= 4 is 5.91 Å². The van der Waals surface area contributed by atoms with E-state index in [0.717, 1.165) is 48.3 Å². The number of carbonyl (C=O) groups is 1. The van der Waals surface area contributed by atoms with Gasteiger partial charge in [0.2, 0.25) is 5.91 Å². The van der Waals surface area contributed by atoms with Crippen molar-refractivity contribution in [1.82, 2.24) is 14.9 Å². The summed E-state index contributed by atoms with van der Waals surface area (Å²) in [6.45, 7) is 0.752. The summed E-state index contributed by atoms with van der Waals surface area (Å²) in [6, 6.07) is 16.0. The zero-order chi connectivity index (χ0) is 19.3. The van der Waals surface area contributed by atoms with E-state index >= 15 is 0 Å². The van der Waals surface area contributed by atoms with Crippen molar-refractivity contribution in [3.8, 4) is 11.3 Å². The summed E-state index contributed by atoms with van der Waals surface area (Å²) < 4.78 is 13.5. The monoisotopic (exact) mass is 375 g/mol. The molecule has 1 fully saturated rings. The van der Waals surface area contributed by atoms with Gasteiger partial charge in [-0.3, -0.25) is 14.8 Å². The molecule has 28 heavy (non-hydrogen) atoms. The maximum atomic E-state index is 13.5. The van der Waals surface area contributed by atoms with Gasteiger partial charge in [-0.1, -0.05) is 24.3 Å². The van der Waals surface area contributed by atoms with E-state index in [1.807, 2.05) is 47.5 Å². The van der Waals surface area contributed by atoms with Crippen LogP contribution in [-0.2, 0) is 11.2 Å². The summed E-state index contributed by atoms with van der Waals surface area (Å²) in [6.07, 6.45) is 6.87. The number of aromatic nitrogens is 2. The summed E-state index contributed by atoms with van der Waals surface area (Å²) >= 11 is 0. The third-order valence-corrected chi connectivity index (χ3v) is 5.17. The van der Waals surface area contributed by atoms with E-state index in [1.54, 1.807) is 12.3 Å². The molecule has 1 atom stereocenters. The van der Waals surface area contributed by atoms with Crippen molar-refractivity contribution in [2.45, 2.75) is 31.7 Å². The van der Waals surface area contributed by atoms with Gasteiger partial charge in [0.1, 0.15) is 5.82 Å². The second-order valence-corrected chi connectivity index (χ2v) is 7.08. The SMILES string of the molecule is O=C(Cc1ccccn1)N1CCCC[C@@H]1c1ccc(-c2cccc(F)c2)nc1. The molecule has 0 saturated carbocycles. The Morgan fingerprint density at radius 2 is 2.00 bits per heavy atom. The topological polar surface area (TPSA) is 46.1 Å². The minimum Gasteiger partial charge on any atom is -0.335 e. The van der Waals surface area contributed by atoms with Gasteiger partial charge < -0.3 is 4.90 Å². The molecule has 0 bridgehead atoms. The number of benzene rings is 1. The lowest BCUT2D eigenvalue weighted by Crippen LogP contribution is -2.39. The Hall–Kier alpha value is -3.08. The zero-order valence-corrected chi connectivity index (χ0v) is 15.6. The molecular formula is C23H22FN3O. The number of amides is 1. The Labute approximate surface area is 164 Å². The molecule has 142 valence electrons. The first-order chi connectivity index (χ1) is 13.7. The highest BCUT2D eigenvalue weighted by Crippen LogP contribution is 2.32. The third-order valence-electron chi connectivity index (χ3n) is 5.17. The Morgan fingerprint density at radius 1 is 1.07 bits per heavy atom. The van der Waals surface area contributed by atoms with Crippen LogP contribution in [0.3, 0.4) is 0 Å². The van der Waals surface area contributed by atoms with Gasteiger partial charge in [-0.05, 0) is 55.2 Å². The van der Waals surface area contributed by atoms with Gasteiger partial charge in [0.25, 0.3) is 0 Å². The van der Waals surface area contributed by atoms with Crippen molar-refractivity contribution in [1.29, 1.82) is 0 Å². The molecule has 0 N–H and O–H groups in total. The van der Waals surface area contributed by atoms with Crippen LogP contribution >= 0.6 is 0 Å². The van der Waals surface area contributed by atoms with Crippen LogP contribution in [0.15, 0.2) is 67.0 Å². The molecule has 0 spiro atoms. The van der Waals surface area contributed by atoms with Gasteiger partial charge in [-0.25, -0.2) is 4.39 Å². The Balaban J connectivity index is 1.53. The standard InChI is InChI=1S/C23H22FN3O/c24-19-7-5-6-17(14-19)21-11-10-18(16-26-21)22-9-2-4-13-27(22)23(28)15-20-8-1-3-12-25-20/h1,3,5-8,10-12,14,16,22H,2,4,9,13,15H2/t22-/m1/s1. The predicted molar refractivity (Wildman–Crippen MR) is 106 cm³/mol. The fourth-order valence-corrected chi connectivity index (χ4v) is 3.76. The molecule has 4 nitrogen and oxygen atoms in total. The number of nitrogens with zero attached hydrogens (tertiary/aromatic N) is 3. The summed E-state index contributed by atoms with van der Waals surface area (Å²) in [5, 5.41) is 0. The maximum absolute atomic E-state index is 13.5. The molecular weight excluding hydrogens is 353 g/mol. The van der Waals surface area contributed by atoms with Crippen LogP contribution in [0, 0.1) is 5.82 Å². The van der Waals surface area contributed by atoms with Gasteiger partial charge in [-0.2, -0.15) is 0 Å².